The van der Waals surface area contributed by atoms with E-state index < -0.39 is 0 Å². The minimum Gasteiger partial charge on any atom is -0.355 e. The number of H-pyrrole nitrogens is 1. The number of carbonyl (C=O) groups is 1. The molecule has 1 saturated carbocycles. The van der Waals surface area contributed by atoms with E-state index in [1.807, 2.05) is 11.0 Å². The van der Waals surface area contributed by atoms with E-state index >= 15 is 0 Å². The topological polar surface area (TPSA) is 48.5 Å². The van der Waals surface area contributed by atoms with Crippen molar-refractivity contribution in [3.8, 4) is 0 Å². The molecular formula is C24H29N3O. The van der Waals surface area contributed by atoms with Gasteiger partial charge in [-0.05, 0) is 48.8 Å². The van der Waals surface area contributed by atoms with Crippen LogP contribution in [-0.4, -0.2) is 34.2 Å². The normalized spacial score (nSPS) is 24.4. The lowest BCUT2D eigenvalue weighted by Crippen LogP contribution is -2.43. The van der Waals surface area contributed by atoms with Gasteiger partial charge in [-0.2, -0.15) is 0 Å². The molecule has 3 aliphatic rings. The lowest BCUT2D eigenvalue weighted by atomic mass is 9.89. The van der Waals surface area contributed by atoms with Gasteiger partial charge in [-0.3, -0.25) is 14.7 Å². The minimum atomic E-state index is -0.0131. The number of fused-ring (bicyclic) bond motifs is 3. The minimum absolute atomic E-state index is 0.0131. The molecule has 4 nitrogen and oxygen atoms in total. The van der Waals surface area contributed by atoms with Crippen molar-refractivity contribution in [3.05, 3.63) is 58.9 Å². The third kappa shape index (κ3) is 2.99. The monoisotopic (exact) mass is 375 g/mol. The number of benzene rings is 1. The third-order valence-electron chi connectivity index (χ3n) is 6.67. The number of aromatic nitrogens is 1. The number of nitrogens with one attached hydrogen (secondary N) is 1. The molecule has 4 heteroatoms. The highest BCUT2D eigenvalue weighted by Crippen LogP contribution is 2.40. The summed E-state index contributed by atoms with van der Waals surface area (Å²) in [6, 6.07) is 12.9. The average molecular weight is 376 g/mol. The summed E-state index contributed by atoms with van der Waals surface area (Å²) in [6.45, 7) is 2.88. The summed E-state index contributed by atoms with van der Waals surface area (Å²) in [5.41, 5.74) is 4.93. The first-order valence-electron chi connectivity index (χ1n) is 10.9. The Morgan fingerprint density at radius 2 is 1.96 bits per heavy atom. The largest absolute Gasteiger partial charge is 0.355 e. The second-order valence-corrected chi connectivity index (χ2v) is 8.62. The van der Waals surface area contributed by atoms with Crippen molar-refractivity contribution < 1.29 is 4.79 Å². The van der Waals surface area contributed by atoms with Crippen LogP contribution < -0.4 is 0 Å². The molecule has 146 valence electrons. The van der Waals surface area contributed by atoms with E-state index in [4.69, 9.17) is 4.99 Å². The summed E-state index contributed by atoms with van der Waals surface area (Å²) in [5.74, 6) is 1.75. The number of rotatable bonds is 5. The van der Waals surface area contributed by atoms with E-state index in [2.05, 4.69) is 42.2 Å². The van der Waals surface area contributed by atoms with Gasteiger partial charge < -0.3 is 4.98 Å². The Morgan fingerprint density at radius 3 is 2.71 bits per heavy atom. The Bertz CT molecular complexity index is 892. The fraction of sp³-hybridized carbons (Fsp3) is 0.500. The lowest BCUT2D eigenvalue weighted by molar-refractivity contribution is -0.129. The van der Waals surface area contributed by atoms with E-state index in [-0.39, 0.29) is 17.9 Å². The summed E-state index contributed by atoms with van der Waals surface area (Å²) in [7, 11) is 0. The zero-order valence-corrected chi connectivity index (χ0v) is 16.7. The molecule has 1 aromatic heterocycles. The van der Waals surface area contributed by atoms with Crippen molar-refractivity contribution in [1.82, 2.24) is 9.88 Å². The van der Waals surface area contributed by atoms with Crippen LogP contribution in [0.5, 0.6) is 0 Å². The molecular weight excluding hydrogens is 346 g/mol. The Balaban J connectivity index is 1.49. The van der Waals surface area contributed by atoms with Gasteiger partial charge in [0.2, 0.25) is 5.91 Å². The summed E-state index contributed by atoms with van der Waals surface area (Å²) < 4.78 is 0. The highest BCUT2D eigenvalue weighted by Gasteiger charge is 2.42. The van der Waals surface area contributed by atoms with Gasteiger partial charge in [0.05, 0.1) is 24.2 Å². The molecule has 2 aliphatic heterocycles. The summed E-state index contributed by atoms with van der Waals surface area (Å²) >= 11 is 0. The van der Waals surface area contributed by atoms with Crippen LogP contribution in [0, 0.1) is 0 Å². The third-order valence-corrected chi connectivity index (χ3v) is 6.67. The van der Waals surface area contributed by atoms with Crippen molar-refractivity contribution in [2.45, 2.75) is 69.7 Å². The van der Waals surface area contributed by atoms with E-state index in [0.717, 1.165) is 30.8 Å². The first-order valence-corrected chi connectivity index (χ1v) is 10.9. The molecule has 5 rings (SSSR count). The molecule has 1 amide bonds. The molecule has 28 heavy (non-hydrogen) atoms. The summed E-state index contributed by atoms with van der Waals surface area (Å²) in [5, 5.41) is 0. The smallest absolute Gasteiger partial charge is 0.235 e. The maximum atomic E-state index is 13.3. The van der Waals surface area contributed by atoms with Crippen LogP contribution in [0.4, 0.5) is 0 Å². The molecule has 2 aromatic rings. The second-order valence-electron chi connectivity index (χ2n) is 8.62. The van der Waals surface area contributed by atoms with E-state index in [9.17, 15) is 4.79 Å². The molecule has 0 bridgehead atoms. The average Bonchev–Trinajstić information content (AvgIpc) is 3.44. The van der Waals surface area contributed by atoms with E-state index in [0.29, 0.717) is 12.5 Å². The van der Waals surface area contributed by atoms with E-state index in [1.54, 1.807) is 0 Å². The van der Waals surface area contributed by atoms with Crippen molar-refractivity contribution in [2.75, 3.05) is 6.54 Å². The lowest BCUT2D eigenvalue weighted by Gasteiger charge is -2.30. The van der Waals surface area contributed by atoms with Crippen LogP contribution in [0.25, 0.3) is 0 Å². The number of amides is 1. The van der Waals surface area contributed by atoms with Gasteiger partial charge in [-0.1, -0.05) is 56.5 Å². The van der Waals surface area contributed by atoms with Crippen molar-refractivity contribution >= 4 is 11.7 Å². The van der Waals surface area contributed by atoms with Crippen molar-refractivity contribution in [1.29, 1.82) is 0 Å². The second kappa shape index (κ2) is 7.23. The maximum Gasteiger partial charge on any atom is 0.235 e. The fourth-order valence-electron chi connectivity index (χ4n) is 5.27. The van der Waals surface area contributed by atoms with Gasteiger partial charge in [-0.25, -0.2) is 0 Å². The number of aromatic amines is 1. The van der Waals surface area contributed by atoms with Gasteiger partial charge in [0.15, 0.2) is 5.84 Å². The number of carbonyl (C=O) groups excluding carboxylic acids is 1. The van der Waals surface area contributed by atoms with E-state index in [1.165, 1.54) is 42.5 Å². The Hall–Kier alpha value is -2.36. The number of hydrogen-bond donors (Lipinski definition) is 1. The van der Waals surface area contributed by atoms with Crippen molar-refractivity contribution in [3.63, 3.8) is 0 Å². The number of aliphatic imine (C=N–C) groups is 1. The van der Waals surface area contributed by atoms with Crippen LogP contribution in [0.1, 0.15) is 79.8 Å². The zero-order chi connectivity index (χ0) is 19.1. The predicted molar refractivity (Wildman–Crippen MR) is 112 cm³/mol. The maximum absolute atomic E-state index is 13.3. The molecule has 1 N–H and O–H groups in total. The Morgan fingerprint density at radius 1 is 1.18 bits per heavy atom. The molecule has 0 saturated heterocycles. The van der Waals surface area contributed by atoms with Gasteiger partial charge in [0, 0.05) is 5.69 Å². The molecule has 1 aliphatic carbocycles. The highest BCUT2D eigenvalue weighted by molar-refractivity contribution is 6.14. The van der Waals surface area contributed by atoms with Crippen molar-refractivity contribution in [2.24, 2.45) is 4.99 Å². The van der Waals surface area contributed by atoms with Crippen LogP contribution in [-0.2, 0) is 11.2 Å². The van der Waals surface area contributed by atoms with Crippen LogP contribution in [0.3, 0.4) is 0 Å². The SMILES string of the molecule is CCCC1C(=O)N2C[C@@H](Cc3ccccc3)N=C2c2[nH]c(C3CCCC3)cc21. The van der Waals surface area contributed by atoms with Gasteiger partial charge in [0.25, 0.3) is 0 Å². The molecule has 1 aromatic carbocycles. The highest BCUT2D eigenvalue weighted by atomic mass is 16.2. The first kappa shape index (κ1) is 17.7. The number of amidine groups is 1. The number of nitrogens with zero attached hydrogens (tertiary/aromatic N) is 2. The van der Waals surface area contributed by atoms with Crippen LogP contribution >= 0.6 is 0 Å². The standard InChI is InChI=1S/C24H29N3O/c1-2-8-19-20-14-21(17-11-6-7-12-17)26-22(20)23-25-18(15-27(23)24(19)28)13-16-9-4-3-5-10-16/h3-5,9-10,14,17-19,26H,2,6-8,11-13,15H2,1H3/t18-,19?/m1/s1. The molecule has 0 radical (unpaired) electrons. The fourth-order valence-corrected chi connectivity index (χ4v) is 5.27. The van der Waals surface area contributed by atoms with Gasteiger partial charge in [-0.15, -0.1) is 0 Å². The number of hydrogen-bond acceptors (Lipinski definition) is 2. The summed E-state index contributed by atoms with van der Waals surface area (Å²) in [6.07, 6.45) is 7.99. The Kier molecular flexibility index (Phi) is 4.58. The molecule has 1 fully saturated rings. The summed E-state index contributed by atoms with van der Waals surface area (Å²) in [4.78, 5) is 24.0. The van der Waals surface area contributed by atoms with Gasteiger partial charge >= 0.3 is 0 Å². The first-order chi connectivity index (χ1) is 13.7. The molecule has 2 atom stereocenters. The van der Waals surface area contributed by atoms with Crippen LogP contribution in [0.15, 0.2) is 41.4 Å². The predicted octanol–water partition coefficient (Wildman–Crippen LogP) is 4.77. The molecule has 3 heterocycles. The zero-order valence-electron chi connectivity index (χ0n) is 16.7. The quantitative estimate of drug-likeness (QED) is 0.804. The molecule has 0 spiro atoms. The van der Waals surface area contributed by atoms with Crippen LogP contribution in [0.2, 0.25) is 0 Å². The Labute approximate surface area is 167 Å². The van der Waals surface area contributed by atoms with Gasteiger partial charge in [0.1, 0.15) is 0 Å². The molecule has 1 unspecified atom stereocenters.